The number of H-pyrrole nitrogens is 1. The maximum atomic E-state index is 12.9. The van der Waals surface area contributed by atoms with Crippen molar-refractivity contribution in [1.82, 2.24) is 25.0 Å². The Labute approximate surface area is 243 Å². The van der Waals surface area contributed by atoms with Crippen LogP contribution in [0.5, 0.6) is 0 Å². The summed E-state index contributed by atoms with van der Waals surface area (Å²) in [5.41, 5.74) is -0.709. The molecule has 3 atom stereocenters. The second kappa shape index (κ2) is 12.1. The number of hydrogen-bond acceptors (Lipinski definition) is 9. The van der Waals surface area contributed by atoms with Gasteiger partial charge in [0, 0.05) is 18.1 Å². The average molecular weight is 604 g/mol. The molecule has 0 radical (unpaired) electrons. The van der Waals surface area contributed by atoms with Crippen molar-refractivity contribution in [3.8, 4) is 0 Å². The van der Waals surface area contributed by atoms with E-state index in [1.165, 1.54) is 16.3 Å². The van der Waals surface area contributed by atoms with Gasteiger partial charge in [0.05, 0.1) is 11.7 Å². The summed E-state index contributed by atoms with van der Waals surface area (Å²) in [6.45, 7) is 1.90. The number of carboxylic acids is 1. The zero-order chi connectivity index (χ0) is 25.3. The first kappa shape index (κ1) is 28.7. The zero-order valence-electron chi connectivity index (χ0n) is 19.2. The molecule has 0 aliphatic carbocycles. The monoisotopic (exact) mass is 603 g/mol. The van der Waals surface area contributed by atoms with Crippen molar-refractivity contribution < 1.29 is 49.0 Å². The number of thioether (sulfide) groups is 2. The van der Waals surface area contributed by atoms with Crippen LogP contribution >= 0.6 is 39.5 Å². The van der Waals surface area contributed by atoms with E-state index >= 15 is 0 Å². The fraction of sp³-hybridized carbons (Fsp3) is 0.333. The van der Waals surface area contributed by atoms with Crippen LogP contribution in [0.25, 0.3) is 0 Å². The molecule has 1 aromatic heterocycles. The van der Waals surface area contributed by atoms with Gasteiger partial charge in [0.1, 0.15) is 16.2 Å². The van der Waals surface area contributed by atoms with Gasteiger partial charge in [-0.05, 0) is 18.1 Å². The SMILES string of the molecule is CCn1c(SCC2=C(C(=O)[O-])N3C(=O)[C@@H](NC(=O)C(Br)c4ccccc4)[C@H]3SC2)n[nH]c(=O)c1=O.[Na+]. The molecule has 1 fully saturated rings. The molecule has 2 aliphatic rings. The topological polar surface area (TPSA) is 157 Å². The summed E-state index contributed by atoms with van der Waals surface area (Å²) in [7, 11) is 0. The Kier molecular flexibility index (Phi) is 9.68. The van der Waals surface area contributed by atoms with Crippen molar-refractivity contribution in [1.29, 1.82) is 0 Å². The number of carbonyl (C=O) groups is 3. The summed E-state index contributed by atoms with van der Waals surface area (Å²) in [6, 6.07) is 8.10. The van der Waals surface area contributed by atoms with Crippen LogP contribution in [-0.2, 0) is 20.9 Å². The maximum absolute atomic E-state index is 12.9. The summed E-state index contributed by atoms with van der Waals surface area (Å²) < 4.78 is 1.19. The Morgan fingerprint density at radius 3 is 2.64 bits per heavy atom. The second-order valence-electron chi connectivity index (χ2n) is 7.58. The minimum atomic E-state index is -1.51. The number of benzene rings is 1. The summed E-state index contributed by atoms with van der Waals surface area (Å²) >= 11 is 5.73. The molecule has 1 aromatic carbocycles. The number of aliphatic carboxylic acids is 1. The number of rotatable bonds is 8. The Bertz CT molecular complexity index is 1330. The summed E-state index contributed by atoms with van der Waals surface area (Å²) in [5.74, 6) is -2.07. The third-order valence-electron chi connectivity index (χ3n) is 5.48. The Balaban J connectivity index is 0.00000361. The molecule has 2 N–H and O–H groups in total. The van der Waals surface area contributed by atoms with Crippen LogP contribution in [0.1, 0.15) is 17.3 Å². The van der Waals surface area contributed by atoms with Crippen molar-refractivity contribution in [2.45, 2.75) is 34.9 Å². The summed E-state index contributed by atoms with van der Waals surface area (Å²) in [4.78, 5) is 61.5. The van der Waals surface area contributed by atoms with Gasteiger partial charge in [-0.3, -0.25) is 28.6 Å². The molecule has 2 aromatic rings. The summed E-state index contributed by atoms with van der Waals surface area (Å²) in [6.07, 6.45) is 0. The molecule has 4 rings (SSSR count). The van der Waals surface area contributed by atoms with Crippen LogP contribution in [0.4, 0.5) is 0 Å². The van der Waals surface area contributed by atoms with E-state index in [0.717, 1.165) is 22.2 Å². The van der Waals surface area contributed by atoms with E-state index in [9.17, 15) is 29.1 Å². The number of aromatic nitrogens is 3. The number of fused-ring (bicyclic) bond motifs is 1. The first-order valence-corrected chi connectivity index (χ1v) is 13.4. The fourth-order valence-corrected chi connectivity index (χ4v) is 6.67. The zero-order valence-corrected chi connectivity index (χ0v) is 24.4. The number of carbonyl (C=O) groups excluding carboxylic acids is 3. The molecular weight excluding hydrogens is 585 g/mol. The molecule has 0 spiro atoms. The van der Waals surface area contributed by atoms with Gasteiger partial charge < -0.3 is 15.2 Å². The van der Waals surface area contributed by atoms with E-state index in [0.29, 0.717) is 5.57 Å². The predicted octanol–water partition coefficient (Wildman–Crippen LogP) is -3.41. The van der Waals surface area contributed by atoms with Crippen molar-refractivity contribution >= 4 is 57.2 Å². The molecule has 184 valence electrons. The van der Waals surface area contributed by atoms with Gasteiger partial charge in [-0.1, -0.05) is 58.0 Å². The van der Waals surface area contributed by atoms with Gasteiger partial charge in [0.25, 0.3) is 5.91 Å². The van der Waals surface area contributed by atoms with Crippen molar-refractivity contribution in [2.75, 3.05) is 11.5 Å². The van der Waals surface area contributed by atoms with Gasteiger partial charge in [-0.2, -0.15) is 0 Å². The van der Waals surface area contributed by atoms with Crippen LogP contribution in [0.2, 0.25) is 0 Å². The number of carboxylic acid groups (broad SMARTS) is 1. The summed E-state index contributed by atoms with van der Waals surface area (Å²) in [5, 5.41) is 20.3. The van der Waals surface area contributed by atoms with Gasteiger partial charge in [0.15, 0.2) is 5.16 Å². The maximum Gasteiger partial charge on any atom is 1.00 e. The smallest absolute Gasteiger partial charge is 0.543 e. The number of alkyl halides is 1. The molecule has 0 bridgehead atoms. The Morgan fingerprint density at radius 2 is 2.00 bits per heavy atom. The van der Waals surface area contributed by atoms with Crippen LogP contribution in [0, 0.1) is 0 Å². The number of β-lactam (4-membered cyclic amide) rings is 1. The van der Waals surface area contributed by atoms with E-state index in [2.05, 4.69) is 31.4 Å². The van der Waals surface area contributed by atoms with E-state index < -0.39 is 45.1 Å². The quantitative estimate of drug-likeness (QED) is 0.103. The average Bonchev–Trinajstić information content (AvgIpc) is 2.87. The third kappa shape index (κ3) is 5.53. The van der Waals surface area contributed by atoms with E-state index in [4.69, 9.17) is 0 Å². The van der Waals surface area contributed by atoms with Crippen LogP contribution in [0.15, 0.2) is 56.3 Å². The molecule has 2 amide bonds. The number of amides is 2. The Morgan fingerprint density at radius 1 is 1.31 bits per heavy atom. The number of halogens is 1. The van der Waals surface area contributed by atoms with Crippen LogP contribution < -0.4 is 51.1 Å². The normalized spacial score (nSPS) is 19.6. The molecule has 15 heteroatoms. The van der Waals surface area contributed by atoms with E-state index in [-0.39, 0.29) is 58.5 Å². The van der Waals surface area contributed by atoms with Crippen molar-refractivity contribution in [3.63, 3.8) is 0 Å². The van der Waals surface area contributed by atoms with Gasteiger partial charge in [-0.15, -0.1) is 16.9 Å². The number of aromatic amines is 1. The molecule has 3 heterocycles. The van der Waals surface area contributed by atoms with E-state index in [1.807, 2.05) is 6.07 Å². The molecule has 11 nitrogen and oxygen atoms in total. The minimum Gasteiger partial charge on any atom is -0.543 e. The molecule has 0 saturated carbocycles. The van der Waals surface area contributed by atoms with Crippen molar-refractivity contribution in [2.24, 2.45) is 0 Å². The second-order valence-corrected chi connectivity index (χ2v) is 10.5. The largest absolute Gasteiger partial charge is 1.00 e. The number of nitrogens with one attached hydrogen (secondary N) is 2. The van der Waals surface area contributed by atoms with Crippen molar-refractivity contribution in [3.05, 3.63) is 67.9 Å². The van der Waals surface area contributed by atoms with Crippen LogP contribution in [0.3, 0.4) is 0 Å². The first-order valence-electron chi connectivity index (χ1n) is 10.4. The minimum absolute atomic E-state index is 0. The van der Waals surface area contributed by atoms with E-state index in [1.54, 1.807) is 31.2 Å². The third-order valence-corrected chi connectivity index (χ3v) is 8.82. The molecule has 1 unspecified atom stereocenters. The first-order chi connectivity index (χ1) is 16.7. The van der Waals surface area contributed by atoms with Gasteiger partial charge in [0.2, 0.25) is 5.91 Å². The van der Waals surface area contributed by atoms with Gasteiger partial charge >= 0.3 is 40.7 Å². The van der Waals surface area contributed by atoms with Crippen LogP contribution in [-0.4, -0.2) is 60.4 Å². The standard InChI is InChI=1S/C21H20BrN5O6S2.Na/c1-2-26-18(31)16(29)24-25-21(26)35-9-11-8-34-19-13(17(30)27(19)14(11)20(32)33)23-15(28)12(22)10-6-4-3-5-7-10;/h3-7,12-13,19H,2,8-9H2,1H3,(H,23,28)(H,24,29)(H,32,33);/q;+1/p-1/t12?,13-,19-;/m1./s1. The molecule has 2 aliphatic heterocycles. The molecular formula is C21H19BrN5NaO6S2. The molecule has 1 saturated heterocycles. The van der Waals surface area contributed by atoms with Gasteiger partial charge in [-0.25, -0.2) is 5.10 Å². The Hall–Kier alpha value is -1.84. The fourth-order valence-electron chi connectivity index (χ4n) is 3.74. The number of hydrogen-bond donors (Lipinski definition) is 2. The molecule has 36 heavy (non-hydrogen) atoms. The number of nitrogens with zero attached hydrogens (tertiary/aromatic N) is 3. The predicted molar refractivity (Wildman–Crippen MR) is 131 cm³/mol.